The number of nitrogens with one attached hydrogen (secondary N) is 1. The van der Waals surface area contributed by atoms with E-state index in [2.05, 4.69) is 19.2 Å². The SMILES string of the molecule is CCCOCC1CCC(C)CN1. The Morgan fingerprint density at radius 1 is 1.42 bits per heavy atom. The molecule has 0 aliphatic carbocycles. The summed E-state index contributed by atoms with van der Waals surface area (Å²) in [5.74, 6) is 0.854. The van der Waals surface area contributed by atoms with Crippen molar-refractivity contribution in [3.63, 3.8) is 0 Å². The van der Waals surface area contributed by atoms with Crippen molar-refractivity contribution in [1.82, 2.24) is 5.32 Å². The summed E-state index contributed by atoms with van der Waals surface area (Å²) in [4.78, 5) is 0. The van der Waals surface area contributed by atoms with Gasteiger partial charge in [-0.15, -0.1) is 0 Å². The number of ether oxygens (including phenoxy) is 1. The minimum Gasteiger partial charge on any atom is -0.380 e. The molecule has 2 atom stereocenters. The maximum atomic E-state index is 5.50. The minimum atomic E-state index is 0.618. The van der Waals surface area contributed by atoms with E-state index in [0.717, 1.165) is 25.6 Å². The molecule has 0 amide bonds. The molecule has 0 saturated carbocycles. The van der Waals surface area contributed by atoms with Gasteiger partial charge in [0.1, 0.15) is 0 Å². The Hall–Kier alpha value is -0.0800. The second-order valence-corrected chi connectivity index (χ2v) is 3.86. The molecule has 1 saturated heterocycles. The molecule has 0 aromatic carbocycles. The summed E-state index contributed by atoms with van der Waals surface area (Å²) in [6, 6.07) is 0.618. The molecular weight excluding hydrogens is 150 g/mol. The van der Waals surface area contributed by atoms with Crippen LogP contribution in [0.1, 0.15) is 33.1 Å². The Morgan fingerprint density at radius 2 is 2.25 bits per heavy atom. The monoisotopic (exact) mass is 171 g/mol. The molecule has 12 heavy (non-hydrogen) atoms. The van der Waals surface area contributed by atoms with Crippen LogP contribution in [0.5, 0.6) is 0 Å². The van der Waals surface area contributed by atoms with Gasteiger partial charge in [0.15, 0.2) is 0 Å². The molecule has 72 valence electrons. The largest absolute Gasteiger partial charge is 0.380 e. The molecule has 1 N–H and O–H groups in total. The lowest BCUT2D eigenvalue weighted by Crippen LogP contribution is -2.41. The van der Waals surface area contributed by atoms with Gasteiger partial charge in [0.2, 0.25) is 0 Å². The molecule has 0 radical (unpaired) electrons. The summed E-state index contributed by atoms with van der Waals surface area (Å²) in [6.45, 7) is 7.43. The third-order valence-electron chi connectivity index (χ3n) is 2.43. The molecule has 1 fully saturated rings. The molecule has 1 heterocycles. The normalized spacial score (nSPS) is 30.5. The van der Waals surface area contributed by atoms with Crippen molar-refractivity contribution in [3.05, 3.63) is 0 Å². The van der Waals surface area contributed by atoms with Crippen LogP contribution in [-0.2, 0) is 4.74 Å². The third kappa shape index (κ3) is 3.55. The molecule has 1 aliphatic rings. The maximum absolute atomic E-state index is 5.50. The highest BCUT2D eigenvalue weighted by Crippen LogP contribution is 2.13. The maximum Gasteiger partial charge on any atom is 0.0619 e. The van der Waals surface area contributed by atoms with Gasteiger partial charge in [0.25, 0.3) is 0 Å². The Balaban J connectivity index is 2.01. The zero-order valence-electron chi connectivity index (χ0n) is 8.31. The molecule has 2 nitrogen and oxygen atoms in total. The molecular formula is C10H21NO. The van der Waals surface area contributed by atoms with E-state index < -0.39 is 0 Å². The molecule has 1 aliphatic heterocycles. The summed E-state index contributed by atoms with van der Waals surface area (Å²) in [6.07, 6.45) is 3.77. The van der Waals surface area contributed by atoms with Crippen LogP contribution < -0.4 is 5.32 Å². The predicted molar refractivity (Wildman–Crippen MR) is 51.3 cm³/mol. The minimum absolute atomic E-state index is 0.618. The van der Waals surface area contributed by atoms with E-state index in [0.29, 0.717) is 6.04 Å². The molecule has 1 rings (SSSR count). The average molecular weight is 171 g/mol. The lowest BCUT2D eigenvalue weighted by atomic mass is 9.97. The van der Waals surface area contributed by atoms with Gasteiger partial charge in [0, 0.05) is 12.6 Å². The van der Waals surface area contributed by atoms with Crippen LogP contribution >= 0.6 is 0 Å². The average Bonchev–Trinajstić information content (AvgIpc) is 2.09. The number of hydrogen-bond acceptors (Lipinski definition) is 2. The lowest BCUT2D eigenvalue weighted by molar-refractivity contribution is 0.0986. The zero-order chi connectivity index (χ0) is 8.81. The second kappa shape index (κ2) is 5.55. The van der Waals surface area contributed by atoms with E-state index in [1.807, 2.05) is 0 Å². The highest BCUT2D eigenvalue weighted by atomic mass is 16.5. The highest BCUT2D eigenvalue weighted by Gasteiger charge is 2.16. The van der Waals surface area contributed by atoms with Crippen molar-refractivity contribution < 1.29 is 4.74 Å². The van der Waals surface area contributed by atoms with Crippen LogP contribution in [0.4, 0.5) is 0 Å². The van der Waals surface area contributed by atoms with Crippen molar-refractivity contribution in [1.29, 1.82) is 0 Å². The van der Waals surface area contributed by atoms with Crippen molar-refractivity contribution in [2.75, 3.05) is 19.8 Å². The van der Waals surface area contributed by atoms with Gasteiger partial charge >= 0.3 is 0 Å². The van der Waals surface area contributed by atoms with Crippen LogP contribution in [0.2, 0.25) is 0 Å². The Kier molecular flexibility index (Phi) is 4.62. The first-order valence-corrected chi connectivity index (χ1v) is 5.14. The van der Waals surface area contributed by atoms with Crippen molar-refractivity contribution in [2.45, 2.75) is 39.2 Å². The van der Waals surface area contributed by atoms with Crippen LogP contribution in [-0.4, -0.2) is 25.8 Å². The number of hydrogen-bond donors (Lipinski definition) is 1. The summed E-state index contributed by atoms with van der Waals surface area (Å²) >= 11 is 0. The van der Waals surface area contributed by atoms with Gasteiger partial charge < -0.3 is 10.1 Å². The van der Waals surface area contributed by atoms with Crippen LogP contribution in [0.3, 0.4) is 0 Å². The first-order valence-electron chi connectivity index (χ1n) is 5.14. The van der Waals surface area contributed by atoms with E-state index >= 15 is 0 Å². The van der Waals surface area contributed by atoms with Gasteiger partial charge in [-0.2, -0.15) is 0 Å². The molecule has 0 spiro atoms. The molecule has 0 aromatic heterocycles. The first kappa shape index (κ1) is 10.0. The fourth-order valence-corrected chi connectivity index (χ4v) is 1.57. The quantitative estimate of drug-likeness (QED) is 0.651. The summed E-state index contributed by atoms with van der Waals surface area (Å²) in [5.41, 5.74) is 0. The fourth-order valence-electron chi connectivity index (χ4n) is 1.57. The third-order valence-corrected chi connectivity index (χ3v) is 2.43. The number of piperidine rings is 1. The van der Waals surface area contributed by atoms with Gasteiger partial charge in [-0.1, -0.05) is 13.8 Å². The van der Waals surface area contributed by atoms with E-state index in [-0.39, 0.29) is 0 Å². The standard InChI is InChI=1S/C10H21NO/c1-3-6-12-8-10-5-4-9(2)7-11-10/h9-11H,3-8H2,1-2H3. The summed E-state index contributed by atoms with van der Waals surface area (Å²) < 4.78 is 5.50. The predicted octanol–water partition coefficient (Wildman–Crippen LogP) is 1.80. The summed E-state index contributed by atoms with van der Waals surface area (Å²) in [5, 5.41) is 3.50. The van der Waals surface area contributed by atoms with E-state index in [9.17, 15) is 0 Å². The summed E-state index contributed by atoms with van der Waals surface area (Å²) in [7, 11) is 0. The van der Waals surface area contributed by atoms with Crippen LogP contribution in [0.15, 0.2) is 0 Å². The van der Waals surface area contributed by atoms with Gasteiger partial charge in [0.05, 0.1) is 6.61 Å². The molecule has 0 aromatic rings. The molecule has 0 bridgehead atoms. The smallest absolute Gasteiger partial charge is 0.0619 e. The van der Waals surface area contributed by atoms with Crippen LogP contribution in [0.25, 0.3) is 0 Å². The highest BCUT2D eigenvalue weighted by molar-refractivity contribution is 4.75. The van der Waals surface area contributed by atoms with Gasteiger partial charge in [-0.25, -0.2) is 0 Å². The topological polar surface area (TPSA) is 21.3 Å². The Labute approximate surface area is 75.7 Å². The van der Waals surface area contributed by atoms with Gasteiger partial charge in [-0.3, -0.25) is 0 Å². The Bertz CT molecular complexity index is 108. The van der Waals surface area contributed by atoms with E-state index in [1.54, 1.807) is 0 Å². The van der Waals surface area contributed by atoms with E-state index in [4.69, 9.17) is 4.74 Å². The Morgan fingerprint density at radius 3 is 2.83 bits per heavy atom. The van der Waals surface area contributed by atoms with Crippen LogP contribution in [0, 0.1) is 5.92 Å². The van der Waals surface area contributed by atoms with E-state index in [1.165, 1.54) is 19.4 Å². The van der Waals surface area contributed by atoms with Gasteiger partial charge in [-0.05, 0) is 31.7 Å². The molecule has 2 heteroatoms. The van der Waals surface area contributed by atoms with Crippen molar-refractivity contribution in [3.8, 4) is 0 Å². The molecule has 2 unspecified atom stereocenters. The fraction of sp³-hybridized carbons (Fsp3) is 1.00. The lowest BCUT2D eigenvalue weighted by Gasteiger charge is -2.27. The zero-order valence-corrected chi connectivity index (χ0v) is 8.31. The number of rotatable bonds is 4. The first-order chi connectivity index (χ1) is 5.83. The second-order valence-electron chi connectivity index (χ2n) is 3.86. The van der Waals surface area contributed by atoms with Crippen molar-refractivity contribution in [2.24, 2.45) is 5.92 Å². The van der Waals surface area contributed by atoms with Crippen molar-refractivity contribution >= 4 is 0 Å².